The second-order valence-electron chi connectivity index (χ2n) is 7.38. The maximum atomic E-state index is 13.3. The van der Waals surface area contributed by atoms with Crippen LogP contribution in [0.3, 0.4) is 0 Å². The van der Waals surface area contributed by atoms with Gasteiger partial charge in [0.25, 0.3) is 5.91 Å². The molecule has 1 aliphatic heterocycles. The zero-order valence-electron chi connectivity index (χ0n) is 17.6. The Morgan fingerprint density at radius 3 is 2.33 bits per heavy atom. The molecule has 0 aliphatic carbocycles. The third-order valence-electron chi connectivity index (χ3n) is 5.39. The molecule has 164 valence electrons. The van der Waals surface area contributed by atoms with Gasteiger partial charge < -0.3 is 9.47 Å². The number of sulfonamides is 1. The lowest BCUT2D eigenvalue weighted by atomic mass is 10.0. The average molecular weight is 454 g/mol. The van der Waals surface area contributed by atoms with Crippen LogP contribution >= 0.6 is 0 Å². The quantitative estimate of drug-likeness (QED) is 0.667. The first kappa shape index (κ1) is 22.5. The molecule has 0 atom stereocenters. The second kappa shape index (κ2) is 8.16. The van der Waals surface area contributed by atoms with E-state index in [0.29, 0.717) is 38.2 Å². The molecule has 0 N–H and O–H groups in total. The minimum Gasteiger partial charge on any atom is -0.345 e. The minimum absolute atomic E-state index is 0.0849. The van der Waals surface area contributed by atoms with Gasteiger partial charge in [0.05, 0.1) is 4.90 Å². The number of carbonyl (C=O) groups excluding carboxylic acids is 1. The van der Waals surface area contributed by atoms with Crippen LogP contribution in [0.2, 0.25) is 0 Å². The SMILES string of the molecule is CCN(CC)S(=O)(=O)c1cc(C(=O)N2CCCc3cc(S(C)(=O)=O)ccc32)n(C)c1. The molecule has 0 radical (unpaired) electrons. The summed E-state index contributed by atoms with van der Waals surface area (Å²) in [7, 11) is -5.37. The summed E-state index contributed by atoms with van der Waals surface area (Å²) >= 11 is 0. The number of hydrogen-bond acceptors (Lipinski definition) is 5. The number of aryl methyl sites for hydroxylation is 2. The zero-order valence-corrected chi connectivity index (χ0v) is 19.3. The maximum Gasteiger partial charge on any atom is 0.274 e. The smallest absolute Gasteiger partial charge is 0.274 e. The Morgan fingerprint density at radius 2 is 1.73 bits per heavy atom. The lowest BCUT2D eigenvalue weighted by Crippen LogP contribution is -2.36. The summed E-state index contributed by atoms with van der Waals surface area (Å²) in [5, 5.41) is 0. The van der Waals surface area contributed by atoms with Gasteiger partial charge >= 0.3 is 0 Å². The second-order valence-corrected chi connectivity index (χ2v) is 11.3. The highest BCUT2D eigenvalue weighted by atomic mass is 32.2. The van der Waals surface area contributed by atoms with Crippen molar-refractivity contribution in [1.82, 2.24) is 8.87 Å². The van der Waals surface area contributed by atoms with Crippen LogP contribution in [0.5, 0.6) is 0 Å². The highest BCUT2D eigenvalue weighted by Crippen LogP contribution is 2.31. The third kappa shape index (κ3) is 4.03. The van der Waals surface area contributed by atoms with E-state index in [9.17, 15) is 21.6 Å². The molecule has 1 amide bonds. The van der Waals surface area contributed by atoms with E-state index >= 15 is 0 Å². The average Bonchev–Trinajstić information content (AvgIpc) is 3.09. The van der Waals surface area contributed by atoms with Crippen molar-refractivity contribution < 1.29 is 21.6 Å². The van der Waals surface area contributed by atoms with Gasteiger partial charge in [0.1, 0.15) is 10.6 Å². The number of anilines is 1. The molecular formula is C20H27N3O5S2. The van der Waals surface area contributed by atoms with Crippen molar-refractivity contribution in [2.24, 2.45) is 7.05 Å². The van der Waals surface area contributed by atoms with Gasteiger partial charge in [0.2, 0.25) is 10.0 Å². The van der Waals surface area contributed by atoms with Crippen LogP contribution in [0.25, 0.3) is 0 Å². The number of hydrogen-bond donors (Lipinski definition) is 0. The monoisotopic (exact) mass is 453 g/mol. The van der Waals surface area contributed by atoms with E-state index in [4.69, 9.17) is 0 Å². The standard InChI is InChI=1S/C20H27N3O5S2/c1-5-22(6-2)30(27,28)17-13-19(21(3)14-17)20(24)23-11-7-8-15-12-16(29(4,25)26)9-10-18(15)23/h9-10,12-14H,5-8,11H2,1-4H3. The van der Waals surface area contributed by atoms with Gasteiger partial charge in [0.15, 0.2) is 9.84 Å². The summed E-state index contributed by atoms with van der Waals surface area (Å²) in [6.07, 6.45) is 3.99. The number of rotatable bonds is 6. The van der Waals surface area contributed by atoms with Crippen LogP contribution in [0.1, 0.15) is 36.3 Å². The lowest BCUT2D eigenvalue weighted by Gasteiger charge is -2.30. The van der Waals surface area contributed by atoms with Crippen LogP contribution in [0.15, 0.2) is 40.3 Å². The van der Waals surface area contributed by atoms with Crippen molar-refractivity contribution >= 4 is 31.5 Å². The highest BCUT2D eigenvalue weighted by molar-refractivity contribution is 7.90. The summed E-state index contributed by atoms with van der Waals surface area (Å²) < 4.78 is 52.2. The molecule has 10 heteroatoms. The molecule has 2 heterocycles. The molecule has 8 nitrogen and oxygen atoms in total. The first-order valence-corrected chi connectivity index (χ1v) is 13.1. The van der Waals surface area contributed by atoms with Crippen LogP contribution in [0.4, 0.5) is 5.69 Å². The van der Waals surface area contributed by atoms with E-state index in [1.165, 1.54) is 27.2 Å². The largest absolute Gasteiger partial charge is 0.345 e. The Morgan fingerprint density at radius 1 is 1.07 bits per heavy atom. The van der Waals surface area contributed by atoms with Crippen molar-refractivity contribution in [3.63, 3.8) is 0 Å². The summed E-state index contributed by atoms with van der Waals surface area (Å²) in [6.45, 7) is 4.71. The van der Waals surface area contributed by atoms with E-state index in [0.717, 1.165) is 11.8 Å². The summed E-state index contributed by atoms with van der Waals surface area (Å²) in [5.74, 6) is -0.313. The predicted molar refractivity (Wildman–Crippen MR) is 115 cm³/mol. The van der Waals surface area contributed by atoms with Gasteiger partial charge in [-0.1, -0.05) is 13.8 Å². The van der Waals surface area contributed by atoms with Crippen molar-refractivity contribution in [2.45, 2.75) is 36.5 Å². The molecule has 0 fully saturated rings. The fourth-order valence-electron chi connectivity index (χ4n) is 3.75. The normalized spacial score (nSPS) is 14.8. The predicted octanol–water partition coefficient (Wildman–Crippen LogP) is 2.05. The first-order valence-electron chi connectivity index (χ1n) is 9.82. The Labute approximate surface area is 178 Å². The number of fused-ring (bicyclic) bond motifs is 1. The van der Waals surface area contributed by atoms with Crippen LogP contribution in [-0.4, -0.2) is 57.5 Å². The zero-order chi connectivity index (χ0) is 22.3. The number of sulfone groups is 1. The number of carbonyl (C=O) groups is 1. The van der Waals surface area contributed by atoms with Gasteiger partial charge in [-0.2, -0.15) is 4.31 Å². The summed E-state index contributed by atoms with van der Waals surface area (Å²) in [5.41, 5.74) is 1.72. The molecule has 0 spiro atoms. The maximum absolute atomic E-state index is 13.3. The van der Waals surface area contributed by atoms with Crippen LogP contribution in [-0.2, 0) is 33.3 Å². The summed E-state index contributed by atoms with van der Waals surface area (Å²) in [4.78, 5) is 15.2. The molecule has 0 unspecified atom stereocenters. The van der Waals surface area contributed by atoms with Crippen LogP contribution < -0.4 is 4.90 Å². The highest BCUT2D eigenvalue weighted by Gasteiger charge is 2.29. The molecule has 0 bridgehead atoms. The molecule has 30 heavy (non-hydrogen) atoms. The Balaban J connectivity index is 1.99. The van der Waals surface area contributed by atoms with E-state index < -0.39 is 19.9 Å². The topological polar surface area (TPSA) is 96.8 Å². The molecule has 0 saturated carbocycles. The Kier molecular flexibility index (Phi) is 6.13. The lowest BCUT2D eigenvalue weighted by molar-refractivity contribution is 0.0977. The molecule has 2 aromatic rings. The van der Waals surface area contributed by atoms with E-state index in [1.807, 2.05) is 0 Å². The van der Waals surface area contributed by atoms with Crippen molar-refractivity contribution in [1.29, 1.82) is 0 Å². The van der Waals surface area contributed by atoms with Crippen molar-refractivity contribution in [3.05, 3.63) is 41.7 Å². The van der Waals surface area contributed by atoms with Gasteiger partial charge in [-0.25, -0.2) is 16.8 Å². The molecule has 3 rings (SSSR count). The number of benzene rings is 1. The Bertz CT molecular complexity index is 1180. The van der Waals surface area contributed by atoms with Gasteiger partial charge in [0, 0.05) is 44.8 Å². The molecular weight excluding hydrogens is 426 g/mol. The molecule has 1 aromatic carbocycles. The number of nitrogens with zero attached hydrogens (tertiary/aromatic N) is 3. The minimum atomic E-state index is -3.67. The van der Waals surface area contributed by atoms with E-state index in [1.54, 1.807) is 37.9 Å². The van der Waals surface area contributed by atoms with Gasteiger partial charge in [-0.3, -0.25) is 4.79 Å². The van der Waals surface area contributed by atoms with E-state index in [2.05, 4.69) is 0 Å². The molecule has 1 aromatic heterocycles. The van der Waals surface area contributed by atoms with Crippen molar-refractivity contribution in [2.75, 3.05) is 30.8 Å². The third-order valence-corrected chi connectivity index (χ3v) is 8.51. The van der Waals surface area contributed by atoms with Gasteiger partial charge in [-0.15, -0.1) is 0 Å². The molecule has 1 aliphatic rings. The molecule has 0 saturated heterocycles. The van der Waals surface area contributed by atoms with Gasteiger partial charge in [-0.05, 0) is 42.7 Å². The summed E-state index contributed by atoms with van der Waals surface area (Å²) in [6, 6.07) is 6.18. The van der Waals surface area contributed by atoms with Crippen molar-refractivity contribution in [3.8, 4) is 0 Å². The Hall–Kier alpha value is -2.17. The number of amides is 1. The van der Waals surface area contributed by atoms with E-state index in [-0.39, 0.29) is 21.4 Å². The fraction of sp³-hybridized carbons (Fsp3) is 0.450. The number of aromatic nitrogens is 1. The first-order chi connectivity index (χ1) is 14.0. The van der Waals surface area contributed by atoms with Crippen LogP contribution in [0, 0.1) is 0 Å². The fourth-order valence-corrected chi connectivity index (χ4v) is 5.96.